The maximum absolute atomic E-state index is 9.25. The molecule has 0 bridgehead atoms. The molecule has 1 unspecified atom stereocenters. The monoisotopic (exact) mass is 253 g/mol. The zero-order chi connectivity index (χ0) is 13.5. The van der Waals surface area contributed by atoms with Crippen LogP contribution < -0.4 is 10.1 Å². The number of hydrogen-bond donors (Lipinski definition) is 3. The van der Waals surface area contributed by atoms with Crippen LogP contribution in [0.25, 0.3) is 0 Å². The summed E-state index contributed by atoms with van der Waals surface area (Å²) in [7, 11) is 1.62. The molecule has 0 heterocycles. The van der Waals surface area contributed by atoms with E-state index in [0.717, 1.165) is 11.4 Å². The van der Waals surface area contributed by atoms with Gasteiger partial charge in [-0.05, 0) is 30.0 Å². The van der Waals surface area contributed by atoms with Crippen LogP contribution in [0.4, 0.5) is 5.69 Å². The van der Waals surface area contributed by atoms with Crippen LogP contribution in [-0.2, 0) is 0 Å². The molecule has 102 valence electrons. The van der Waals surface area contributed by atoms with Crippen LogP contribution in [0.3, 0.4) is 0 Å². The number of benzene rings is 1. The molecule has 4 heteroatoms. The molecular formula is C14H23NO3. The maximum atomic E-state index is 9.25. The Bertz CT molecular complexity index is 366. The van der Waals surface area contributed by atoms with Gasteiger partial charge in [-0.2, -0.15) is 0 Å². The fraction of sp³-hybridized carbons (Fsp3) is 0.571. The second kappa shape index (κ2) is 7.24. The van der Waals surface area contributed by atoms with E-state index >= 15 is 0 Å². The van der Waals surface area contributed by atoms with E-state index in [0.29, 0.717) is 12.3 Å². The summed E-state index contributed by atoms with van der Waals surface area (Å²) in [5, 5.41) is 21.4. The molecule has 0 radical (unpaired) electrons. The molecule has 0 aliphatic rings. The molecule has 0 saturated carbocycles. The fourth-order valence-corrected chi connectivity index (χ4v) is 1.78. The highest BCUT2D eigenvalue weighted by molar-refractivity contribution is 5.59. The van der Waals surface area contributed by atoms with Crippen LogP contribution in [0.2, 0.25) is 0 Å². The third-order valence-corrected chi connectivity index (χ3v) is 2.95. The minimum atomic E-state index is -0.161. The van der Waals surface area contributed by atoms with Crippen molar-refractivity contribution in [3.8, 4) is 5.75 Å². The summed E-state index contributed by atoms with van der Waals surface area (Å²) in [5.74, 6) is 1.18. The molecule has 1 atom stereocenters. The molecule has 1 rings (SSSR count). The van der Waals surface area contributed by atoms with E-state index in [2.05, 4.69) is 19.2 Å². The van der Waals surface area contributed by atoms with Crippen LogP contribution in [0.15, 0.2) is 18.2 Å². The average molecular weight is 253 g/mol. The lowest BCUT2D eigenvalue weighted by Crippen LogP contribution is -2.25. The van der Waals surface area contributed by atoms with Crippen LogP contribution in [-0.4, -0.2) is 36.6 Å². The summed E-state index contributed by atoms with van der Waals surface area (Å²) < 4.78 is 5.30. The SMILES string of the molecule is COc1ccc(C(C)C)cc1NC(CO)CCO. The Morgan fingerprint density at radius 2 is 2.00 bits per heavy atom. The van der Waals surface area contributed by atoms with E-state index < -0.39 is 0 Å². The molecular weight excluding hydrogens is 230 g/mol. The summed E-state index contributed by atoms with van der Waals surface area (Å²) in [5.41, 5.74) is 2.06. The predicted molar refractivity (Wildman–Crippen MR) is 73.3 cm³/mol. The molecule has 0 saturated heterocycles. The number of aliphatic hydroxyl groups excluding tert-OH is 2. The van der Waals surface area contributed by atoms with Gasteiger partial charge in [-0.15, -0.1) is 0 Å². The predicted octanol–water partition coefficient (Wildman–Crippen LogP) is 1.97. The first-order valence-electron chi connectivity index (χ1n) is 6.28. The van der Waals surface area contributed by atoms with Gasteiger partial charge in [0.05, 0.1) is 25.4 Å². The minimum Gasteiger partial charge on any atom is -0.495 e. The molecule has 0 aromatic heterocycles. The first-order valence-corrected chi connectivity index (χ1v) is 6.28. The van der Waals surface area contributed by atoms with Gasteiger partial charge in [-0.1, -0.05) is 19.9 Å². The summed E-state index contributed by atoms with van der Waals surface area (Å²) in [6, 6.07) is 5.83. The van der Waals surface area contributed by atoms with Gasteiger partial charge in [0.1, 0.15) is 5.75 Å². The lowest BCUT2D eigenvalue weighted by Gasteiger charge is -2.20. The maximum Gasteiger partial charge on any atom is 0.141 e. The lowest BCUT2D eigenvalue weighted by molar-refractivity contribution is 0.228. The van der Waals surface area contributed by atoms with Gasteiger partial charge in [0, 0.05) is 6.61 Å². The fourth-order valence-electron chi connectivity index (χ4n) is 1.78. The molecule has 0 aliphatic heterocycles. The first kappa shape index (κ1) is 14.8. The van der Waals surface area contributed by atoms with Gasteiger partial charge >= 0.3 is 0 Å². The van der Waals surface area contributed by atoms with Crippen molar-refractivity contribution in [3.63, 3.8) is 0 Å². The second-order valence-corrected chi connectivity index (χ2v) is 4.65. The van der Waals surface area contributed by atoms with Crippen molar-refractivity contribution in [3.05, 3.63) is 23.8 Å². The lowest BCUT2D eigenvalue weighted by atomic mass is 10.0. The number of ether oxygens (including phenoxy) is 1. The van der Waals surface area contributed by atoms with Gasteiger partial charge in [-0.25, -0.2) is 0 Å². The van der Waals surface area contributed by atoms with Crippen molar-refractivity contribution in [1.29, 1.82) is 0 Å². The number of methoxy groups -OCH3 is 1. The van der Waals surface area contributed by atoms with Crippen molar-refractivity contribution >= 4 is 5.69 Å². The Labute approximate surface area is 109 Å². The van der Waals surface area contributed by atoms with Crippen LogP contribution in [0.1, 0.15) is 31.7 Å². The number of nitrogens with one attached hydrogen (secondary N) is 1. The Morgan fingerprint density at radius 3 is 2.50 bits per heavy atom. The van der Waals surface area contributed by atoms with Crippen LogP contribution >= 0.6 is 0 Å². The van der Waals surface area contributed by atoms with Gasteiger partial charge in [0.2, 0.25) is 0 Å². The van der Waals surface area contributed by atoms with E-state index in [4.69, 9.17) is 9.84 Å². The van der Waals surface area contributed by atoms with Crippen molar-refractivity contribution in [2.75, 3.05) is 25.6 Å². The Kier molecular flexibility index (Phi) is 5.95. The topological polar surface area (TPSA) is 61.7 Å². The van der Waals surface area contributed by atoms with Crippen molar-refractivity contribution < 1.29 is 14.9 Å². The van der Waals surface area contributed by atoms with Gasteiger partial charge in [0.25, 0.3) is 0 Å². The number of aliphatic hydroxyl groups is 2. The largest absolute Gasteiger partial charge is 0.495 e. The highest BCUT2D eigenvalue weighted by Gasteiger charge is 2.11. The summed E-state index contributed by atoms with van der Waals surface area (Å²) in [4.78, 5) is 0. The number of anilines is 1. The third-order valence-electron chi connectivity index (χ3n) is 2.95. The molecule has 4 nitrogen and oxygen atoms in total. The standard InChI is InChI=1S/C14H23NO3/c1-10(2)11-4-5-14(18-3)13(8-11)15-12(9-17)6-7-16/h4-5,8,10,12,15-17H,6-7,9H2,1-3H3. The number of rotatable bonds is 7. The Balaban J connectivity index is 2.92. The molecule has 0 amide bonds. The van der Waals surface area contributed by atoms with Crippen molar-refractivity contribution in [2.24, 2.45) is 0 Å². The van der Waals surface area contributed by atoms with Crippen molar-refractivity contribution in [2.45, 2.75) is 32.2 Å². The molecule has 0 spiro atoms. The number of hydrogen-bond acceptors (Lipinski definition) is 4. The summed E-state index contributed by atoms with van der Waals surface area (Å²) in [6.45, 7) is 4.28. The molecule has 18 heavy (non-hydrogen) atoms. The normalized spacial score (nSPS) is 12.6. The van der Waals surface area contributed by atoms with Gasteiger partial charge in [-0.3, -0.25) is 0 Å². The summed E-state index contributed by atoms with van der Waals surface area (Å²) in [6.07, 6.45) is 0.506. The van der Waals surface area contributed by atoms with E-state index in [1.165, 1.54) is 5.56 Å². The van der Waals surface area contributed by atoms with Crippen LogP contribution in [0, 0.1) is 0 Å². The molecule has 3 N–H and O–H groups in total. The highest BCUT2D eigenvalue weighted by atomic mass is 16.5. The van der Waals surface area contributed by atoms with E-state index in [1.807, 2.05) is 18.2 Å². The minimum absolute atomic E-state index is 0.0182. The molecule has 1 aromatic rings. The third kappa shape index (κ3) is 3.89. The molecule has 1 aromatic carbocycles. The molecule has 0 fully saturated rings. The van der Waals surface area contributed by atoms with Crippen LogP contribution in [0.5, 0.6) is 5.75 Å². The van der Waals surface area contributed by atoms with Gasteiger partial charge in [0.15, 0.2) is 0 Å². The first-order chi connectivity index (χ1) is 8.62. The van der Waals surface area contributed by atoms with E-state index in [-0.39, 0.29) is 19.3 Å². The van der Waals surface area contributed by atoms with E-state index in [1.54, 1.807) is 7.11 Å². The zero-order valence-corrected chi connectivity index (χ0v) is 11.3. The average Bonchev–Trinajstić information content (AvgIpc) is 2.37. The van der Waals surface area contributed by atoms with Crippen molar-refractivity contribution in [1.82, 2.24) is 0 Å². The van der Waals surface area contributed by atoms with E-state index in [9.17, 15) is 5.11 Å². The quantitative estimate of drug-likeness (QED) is 0.695. The zero-order valence-electron chi connectivity index (χ0n) is 11.3. The second-order valence-electron chi connectivity index (χ2n) is 4.65. The Hall–Kier alpha value is -1.26. The summed E-state index contributed by atoms with van der Waals surface area (Å²) >= 11 is 0. The highest BCUT2D eigenvalue weighted by Crippen LogP contribution is 2.29. The smallest absolute Gasteiger partial charge is 0.141 e. The molecule has 0 aliphatic carbocycles. The van der Waals surface area contributed by atoms with Gasteiger partial charge < -0.3 is 20.3 Å². The Morgan fingerprint density at radius 1 is 1.28 bits per heavy atom.